The maximum Gasteiger partial charge on any atom is 0.240 e. The molecule has 0 aliphatic carbocycles. The first kappa shape index (κ1) is 19.5. The molecule has 4 rings (SSSR count). The number of para-hydroxylation sites is 2. The molecule has 0 saturated carbocycles. The first-order valence-corrected chi connectivity index (χ1v) is 9.96. The normalized spacial score (nSPS) is 12.2. The van der Waals surface area contributed by atoms with E-state index in [1.54, 1.807) is 30.3 Å². The van der Waals surface area contributed by atoms with Crippen molar-refractivity contribution in [2.45, 2.75) is 19.5 Å². The number of pyridine rings is 1. The molecule has 6 heteroatoms. The Bertz CT molecular complexity index is 1240. The van der Waals surface area contributed by atoms with Gasteiger partial charge in [0.25, 0.3) is 0 Å². The van der Waals surface area contributed by atoms with Crippen LogP contribution in [0.3, 0.4) is 0 Å². The molecule has 3 aromatic carbocycles. The number of halogens is 2. The van der Waals surface area contributed by atoms with Gasteiger partial charge in [0.05, 0.1) is 17.1 Å². The number of fused-ring (bicyclic) bond motifs is 2. The summed E-state index contributed by atoms with van der Waals surface area (Å²) in [6, 6.07) is 19.6. The minimum atomic E-state index is -0.288. The number of nitrogens with zero attached hydrogens (tertiary/aromatic N) is 1. The third kappa shape index (κ3) is 3.74. The number of nitrogens with one attached hydrogen (secondary N) is 1. The van der Waals surface area contributed by atoms with Gasteiger partial charge in [0.2, 0.25) is 5.91 Å². The summed E-state index contributed by atoms with van der Waals surface area (Å²) in [5.41, 5.74) is 2.21. The van der Waals surface area contributed by atoms with E-state index in [1.165, 1.54) is 0 Å². The fourth-order valence-corrected chi connectivity index (χ4v) is 4.18. The minimum absolute atomic E-state index is 0.0332. The highest BCUT2D eigenvalue weighted by atomic mass is 35.5. The maximum atomic E-state index is 12.9. The Morgan fingerprint density at radius 1 is 0.966 bits per heavy atom. The summed E-state index contributed by atoms with van der Waals surface area (Å²) in [7, 11) is 0. The smallest absolute Gasteiger partial charge is 0.240 e. The third-order valence-corrected chi connectivity index (χ3v) is 5.55. The first-order valence-electron chi connectivity index (χ1n) is 9.20. The van der Waals surface area contributed by atoms with Crippen molar-refractivity contribution < 1.29 is 4.79 Å². The van der Waals surface area contributed by atoms with Crippen molar-refractivity contribution in [2.24, 2.45) is 0 Å². The monoisotopic (exact) mass is 424 g/mol. The SMILES string of the molecule is CC(NC(=O)Cn1c2ccccc2c(=O)c2ccccc21)c1ccc(Cl)cc1Cl. The number of carbonyl (C=O) groups excluding carboxylic acids is 1. The second-order valence-electron chi connectivity index (χ2n) is 6.90. The van der Waals surface area contributed by atoms with Crippen molar-refractivity contribution in [1.29, 1.82) is 0 Å². The number of carbonyl (C=O) groups is 1. The largest absolute Gasteiger partial charge is 0.348 e. The van der Waals surface area contributed by atoms with Crippen molar-refractivity contribution in [1.82, 2.24) is 9.88 Å². The van der Waals surface area contributed by atoms with Crippen LogP contribution in [0, 0.1) is 0 Å². The molecule has 0 saturated heterocycles. The van der Waals surface area contributed by atoms with Crippen molar-refractivity contribution in [3.05, 3.63) is 92.6 Å². The predicted octanol–water partition coefficient (Wildman–Crippen LogP) is 5.34. The standard InChI is InChI=1S/C23H18Cl2N2O2/c1-14(16-11-10-15(24)12-19(16)25)26-22(28)13-27-20-8-4-2-6-17(20)23(29)18-7-3-5-9-21(18)27/h2-12,14H,13H2,1H3,(H,26,28). The van der Waals surface area contributed by atoms with Crippen LogP contribution in [-0.4, -0.2) is 10.5 Å². The van der Waals surface area contributed by atoms with Gasteiger partial charge in [0, 0.05) is 20.8 Å². The van der Waals surface area contributed by atoms with Crippen LogP contribution in [0.5, 0.6) is 0 Å². The zero-order valence-corrected chi connectivity index (χ0v) is 17.2. The second-order valence-corrected chi connectivity index (χ2v) is 7.75. The molecule has 0 spiro atoms. The fourth-order valence-electron chi connectivity index (χ4n) is 3.61. The molecule has 1 atom stereocenters. The van der Waals surface area contributed by atoms with Crippen LogP contribution in [0.15, 0.2) is 71.5 Å². The number of benzene rings is 3. The van der Waals surface area contributed by atoms with Crippen LogP contribution in [0.25, 0.3) is 21.8 Å². The molecular formula is C23H18Cl2N2O2. The van der Waals surface area contributed by atoms with Gasteiger partial charge in [0.1, 0.15) is 6.54 Å². The molecule has 1 heterocycles. The molecule has 146 valence electrons. The summed E-state index contributed by atoms with van der Waals surface area (Å²) >= 11 is 12.2. The number of aromatic nitrogens is 1. The van der Waals surface area contributed by atoms with Gasteiger partial charge in [-0.2, -0.15) is 0 Å². The Labute approximate surface area is 177 Å². The summed E-state index contributed by atoms with van der Waals surface area (Å²) in [4.78, 5) is 25.7. The van der Waals surface area contributed by atoms with Gasteiger partial charge in [-0.25, -0.2) is 0 Å². The van der Waals surface area contributed by atoms with E-state index in [0.29, 0.717) is 20.8 Å². The fraction of sp³-hybridized carbons (Fsp3) is 0.130. The van der Waals surface area contributed by atoms with Crippen LogP contribution in [0.2, 0.25) is 10.0 Å². The van der Waals surface area contributed by atoms with E-state index in [1.807, 2.05) is 47.9 Å². The molecule has 0 aliphatic heterocycles. The van der Waals surface area contributed by atoms with Gasteiger partial charge in [0.15, 0.2) is 5.43 Å². The molecule has 1 N–H and O–H groups in total. The molecule has 4 nitrogen and oxygen atoms in total. The highest BCUT2D eigenvalue weighted by Gasteiger charge is 2.16. The van der Waals surface area contributed by atoms with Crippen LogP contribution < -0.4 is 10.7 Å². The highest BCUT2D eigenvalue weighted by molar-refractivity contribution is 6.35. The topological polar surface area (TPSA) is 51.1 Å². The molecule has 0 fully saturated rings. The molecule has 0 radical (unpaired) electrons. The Morgan fingerprint density at radius 2 is 1.55 bits per heavy atom. The lowest BCUT2D eigenvalue weighted by molar-refractivity contribution is -0.122. The molecule has 0 bridgehead atoms. The average molecular weight is 425 g/mol. The van der Waals surface area contributed by atoms with Crippen molar-refractivity contribution in [2.75, 3.05) is 0 Å². The van der Waals surface area contributed by atoms with E-state index >= 15 is 0 Å². The third-order valence-electron chi connectivity index (χ3n) is 4.99. The van der Waals surface area contributed by atoms with Crippen LogP contribution in [0.4, 0.5) is 0 Å². The van der Waals surface area contributed by atoms with Crippen molar-refractivity contribution in [3.8, 4) is 0 Å². The van der Waals surface area contributed by atoms with E-state index in [2.05, 4.69) is 5.32 Å². The van der Waals surface area contributed by atoms with E-state index in [-0.39, 0.29) is 23.9 Å². The molecular weight excluding hydrogens is 407 g/mol. The van der Waals surface area contributed by atoms with E-state index in [9.17, 15) is 9.59 Å². The average Bonchev–Trinajstić information content (AvgIpc) is 2.71. The molecule has 0 aliphatic rings. The zero-order valence-electron chi connectivity index (χ0n) is 15.7. The number of rotatable bonds is 4. The number of hydrogen-bond donors (Lipinski definition) is 1. The molecule has 29 heavy (non-hydrogen) atoms. The van der Waals surface area contributed by atoms with E-state index in [4.69, 9.17) is 23.2 Å². The lowest BCUT2D eigenvalue weighted by Crippen LogP contribution is -2.31. The van der Waals surface area contributed by atoms with Gasteiger partial charge in [-0.1, -0.05) is 53.5 Å². The lowest BCUT2D eigenvalue weighted by Gasteiger charge is -2.19. The van der Waals surface area contributed by atoms with Gasteiger partial charge in [-0.3, -0.25) is 9.59 Å². The lowest BCUT2D eigenvalue weighted by atomic mass is 10.1. The Balaban J connectivity index is 1.71. The van der Waals surface area contributed by atoms with E-state index in [0.717, 1.165) is 16.6 Å². The highest BCUT2D eigenvalue weighted by Crippen LogP contribution is 2.26. The van der Waals surface area contributed by atoms with Crippen LogP contribution in [-0.2, 0) is 11.3 Å². The summed E-state index contributed by atoms with van der Waals surface area (Å²) < 4.78 is 1.87. The van der Waals surface area contributed by atoms with Gasteiger partial charge in [-0.05, 0) is 48.9 Å². The predicted molar refractivity (Wildman–Crippen MR) is 119 cm³/mol. The Morgan fingerprint density at radius 3 is 2.14 bits per heavy atom. The molecule has 4 aromatic rings. The quantitative estimate of drug-likeness (QED) is 0.449. The van der Waals surface area contributed by atoms with Gasteiger partial charge >= 0.3 is 0 Å². The van der Waals surface area contributed by atoms with Crippen molar-refractivity contribution in [3.63, 3.8) is 0 Å². The molecule has 1 unspecified atom stereocenters. The Kier molecular flexibility index (Phi) is 5.31. The van der Waals surface area contributed by atoms with E-state index < -0.39 is 0 Å². The summed E-state index contributed by atoms with van der Waals surface area (Å²) in [6.45, 7) is 1.95. The second kappa shape index (κ2) is 7.90. The zero-order chi connectivity index (χ0) is 20.5. The van der Waals surface area contributed by atoms with Gasteiger partial charge < -0.3 is 9.88 Å². The molecule has 1 amide bonds. The minimum Gasteiger partial charge on any atom is -0.348 e. The first-order chi connectivity index (χ1) is 14.0. The van der Waals surface area contributed by atoms with Crippen LogP contribution >= 0.6 is 23.2 Å². The Hall–Kier alpha value is -2.82. The summed E-state index contributed by atoms with van der Waals surface area (Å²) in [6.07, 6.45) is 0. The summed E-state index contributed by atoms with van der Waals surface area (Å²) in [5, 5.41) is 5.21. The van der Waals surface area contributed by atoms with Crippen molar-refractivity contribution >= 4 is 50.9 Å². The summed E-state index contributed by atoms with van der Waals surface area (Å²) in [5.74, 6) is -0.178. The molecule has 1 aromatic heterocycles. The van der Waals surface area contributed by atoms with Crippen LogP contribution in [0.1, 0.15) is 18.5 Å². The number of amides is 1. The number of hydrogen-bond acceptors (Lipinski definition) is 2. The van der Waals surface area contributed by atoms with Gasteiger partial charge in [-0.15, -0.1) is 0 Å². The maximum absolute atomic E-state index is 12.9.